The van der Waals surface area contributed by atoms with Gasteiger partial charge in [-0.15, -0.1) is 0 Å². The Balaban J connectivity index is 1.89. The highest BCUT2D eigenvalue weighted by Crippen LogP contribution is 2.26. The van der Waals surface area contributed by atoms with Gasteiger partial charge in [0.05, 0.1) is 4.86 Å². The number of nitrogens with zero attached hydrogens (tertiary/aromatic N) is 1. The molecule has 0 fully saturated rings. The Morgan fingerprint density at radius 2 is 1.67 bits per heavy atom. The number of ether oxygens (including phenoxy) is 1. The van der Waals surface area contributed by atoms with Crippen molar-refractivity contribution in [3.8, 4) is 0 Å². The fraction of sp³-hybridized carbons (Fsp3) is 0.448. The number of amides is 2. The van der Waals surface area contributed by atoms with Crippen LogP contribution >= 0.6 is 12.2 Å². The number of hydrogen-bond donors (Lipinski definition) is 1. The second-order valence-electron chi connectivity index (χ2n) is 10.7. The van der Waals surface area contributed by atoms with E-state index in [-0.39, 0.29) is 23.2 Å². The maximum Gasteiger partial charge on any atom is 0.329 e. The molecule has 0 saturated carbocycles. The van der Waals surface area contributed by atoms with Crippen molar-refractivity contribution in [2.75, 3.05) is 0 Å². The third-order valence-corrected chi connectivity index (χ3v) is 6.31. The first kappa shape index (κ1) is 27.5. The van der Waals surface area contributed by atoms with Crippen molar-refractivity contribution in [2.24, 2.45) is 5.92 Å². The number of carbonyl (C=O) groups is 3. The first-order valence-electron chi connectivity index (χ1n) is 12.4. The Kier molecular flexibility index (Phi) is 9.01. The molecule has 2 amide bonds. The number of rotatable bonds is 8. The zero-order valence-corrected chi connectivity index (χ0v) is 22.6. The van der Waals surface area contributed by atoms with E-state index in [0.717, 1.165) is 16.7 Å². The predicted molar refractivity (Wildman–Crippen MR) is 144 cm³/mol. The Labute approximate surface area is 219 Å². The van der Waals surface area contributed by atoms with E-state index in [4.69, 9.17) is 17.0 Å². The summed E-state index contributed by atoms with van der Waals surface area (Å²) in [6.45, 7) is 9.73. The Hall–Kier alpha value is -3.06. The first-order valence-corrected chi connectivity index (χ1v) is 12.8. The molecule has 0 bridgehead atoms. The molecule has 1 aliphatic heterocycles. The van der Waals surface area contributed by atoms with Crippen molar-refractivity contribution in [3.05, 3.63) is 71.3 Å². The molecule has 0 radical (unpaired) electrons. The largest absolute Gasteiger partial charge is 0.458 e. The average Bonchev–Trinajstić information content (AvgIpc) is 2.93. The lowest BCUT2D eigenvalue weighted by Gasteiger charge is -2.34. The summed E-state index contributed by atoms with van der Waals surface area (Å²) in [5.41, 5.74) is 2.15. The van der Waals surface area contributed by atoms with Gasteiger partial charge in [-0.3, -0.25) is 9.59 Å². The normalized spacial score (nSPS) is 16.7. The first-order chi connectivity index (χ1) is 16.9. The van der Waals surface area contributed by atoms with E-state index < -0.39 is 29.6 Å². The van der Waals surface area contributed by atoms with Crippen LogP contribution in [0.1, 0.15) is 57.7 Å². The molecule has 7 heteroatoms. The molecule has 36 heavy (non-hydrogen) atoms. The van der Waals surface area contributed by atoms with Crippen LogP contribution in [0.5, 0.6) is 0 Å². The zero-order valence-electron chi connectivity index (χ0n) is 21.7. The third kappa shape index (κ3) is 7.47. The molecule has 0 saturated heterocycles. The molecule has 2 atom stereocenters. The highest BCUT2D eigenvalue weighted by molar-refractivity contribution is 7.82. The van der Waals surface area contributed by atoms with Gasteiger partial charge < -0.3 is 15.0 Å². The summed E-state index contributed by atoms with van der Waals surface area (Å²) in [6.07, 6.45) is 1.10. The lowest BCUT2D eigenvalue weighted by atomic mass is 10.0. The van der Waals surface area contributed by atoms with Crippen LogP contribution in [-0.4, -0.2) is 45.2 Å². The van der Waals surface area contributed by atoms with E-state index in [1.165, 1.54) is 0 Å². The number of esters is 1. The molecular formula is C29H36N2O4S. The van der Waals surface area contributed by atoms with E-state index in [1.807, 2.05) is 89.2 Å². The Morgan fingerprint density at radius 3 is 2.28 bits per heavy atom. The van der Waals surface area contributed by atoms with Gasteiger partial charge in [0, 0.05) is 19.4 Å². The van der Waals surface area contributed by atoms with Gasteiger partial charge in [0.15, 0.2) is 0 Å². The van der Waals surface area contributed by atoms with Crippen molar-refractivity contribution in [3.63, 3.8) is 0 Å². The molecule has 0 aromatic heterocycles. The monoisotopic (exact) mass is 508 g/mol. The molecule has 1 heterocycles. The van der Waals surface area contributed by atoms with E-state index in [2.05, 4.69) is 5.32 Å². The van der Waals surface area contributed by atoms with Gasteiger partial charge in [-0.05, 0) is 49.8 Å². The van der Waals surface area contributed by atoms with Gasteiger partial charge >= 0.3 is 5.97 Å². The van der Waals surface area contributed by atoms with Crippen LogP contribution in [0.4, 0.5) is 0 Å². The van der Waals surface area contributed by atoms with Crippen molar-refractivity contribution < 1.29 is 19.1 Å². The number of thiocarbonyl (C=S) groups is 1. The van der Waals surface area contributed by atoms with Gasteiger partial charge in [0.1, 0.15) is 17.7 Å². The summed E-state index contributed by atoms with van der Waals surface area (Å²) in [6, 6.07) is 15.7. The van der Waals surface area contributed by atoms with Crippen LogP contribution in [0, 0.1) is 5.92 Å². The topological polar surface area (TPSA) is 75.7 Å². The molecule has 0 spiro atoms. The highest BCUT2D eigenvalue weighted by Gasteiger charge is 2.39. The quantitative estimate of drug-likeness (QED) is 0.422. The number of fused-ring (bicyclic) bond motifs is 1. The molecule has 2 aromatic carbocycles. The van der Waals surface area contributed by atoms with Crippen molar-refractivity contribution in [1.82, 2.24) is 10.2 Å². The lowest BCUT2D eigenvalue weighted by Crippen LogP contribution is -2.55. The molecule has 6 nitrogen and oxygen atoms in total. The molecule has 2 aromatic rings. The number of nitrogens with one attached hydrogen (secondary N) is 1. The van der Waals surface area contributed by atoms with Gasteiger partial charge in [0.2, 0.25) is 5.91 Å². The summed E-state index contributed by atoms with van der Waals surface area (Å²) in [7, 11) is 0. The highest BCUT2D eigenvalue weighted by atomic mass is 32.1. The fourth-order valence-electron chi connectivity index (χ4n) is 4.32. The number of benzene rings is 2. The minimum atomic E-state index is -0.841. The van der Waals surface area contributed by atoms with Gasteiger partial charge in [-0.2, -0.15) is 0 Å². The smallest absolute Gasteiger partial charge is 0.329 e. The van der Waals surface area contributed by atoms with E-state index >= 15 is 0 Å². The van der Waals surface area contributed by atoms with Crippen LogP contribution in [0.3, 0.4) is 0 Å². The summed E-state index contributed by atoms with van der Waals surface area (Å²) < 4.78 is 5.71. The number of carbonyl (C=O) groups excluding carboxylic acids is 3. The molecular weight excluding hydrogens is 472 g/mol. The maximum absolute atomic E-state index is 13.9. The van der Waals surface area contributed by atoms with Crippen LogP contribution in [-0.2, 0) is 38.5 Å². The van der Waals surface area contributed by atoms with Gasteiger partial charge in [-0.1, -0.05) is 80.7 Å². The Bertz CT molecular complexity index is 1110. The fourth-order valence-corrected chi connectivity index (χ4v) is 4.55. The van der Waals surface area contributed by atoms with Crippen LogP contribution < -0.4 is 5.32 Å². The summed E-state index contributed by atoms with van der Waals surface area (Å²) in [4.78, 5) is 42.0. The summed E-state index contributed by atoms with van der Waals surface area (Å²) in [5.74, 6) is -1.03. The van der Waals surface area contributed by atoms with E-state index in [1.54, 1.807) is 4.90 Å². The molecule has 1 N–H and O–H groups in total. The van der Waals surface area contributed by atoms with Crippen molar-refractivity contribution in [1.29, 1.82) is 0 Å². The standard InChI is InChI=1S/C29H36N2O4S/c1-19(2)15-24(28(34)35-29(3,4)5)31-18-22-14-10-9-13-21(22)17-23(27(31)33)30-26(32)25(36)16-20-11-7-6-8-12-20/h6-14,19,23-24H,15-18H2,1-5H3,(H,30,32). The molecule has 3 rings (SSSR count). The SMILES string of the molecule is CC(C)CC(C(=O)OC(C)(C)C)N1Cc2ccccc2CC(NC(=O)C(=S)Cc2ccccc2)C1=O. The van der Waals surface area contributed by atoms with Crippen molar-refractivity contribution in [2.45, 2.75) is 78.1 Å². The second-order valence-corrected chi connectivity index (χ2v) is 11.2. The molecule has 192 valence electrons. The maximum atomic E-state index is 13.9. The van der Waals surface area contributed by atoms with Crippen LogP contribution in [0.2, 0.25) is 0 Å². The van der Waals surface area contributed by atoms with Gasteiger partial charge in [0.25, 0.3) is 5.91 Å². The van der Waals surface area contributed by atoms with E-state index in [0.29, 0.717) is 19.3 Å². The summed E-state index contributed by atoms with van der Waals surface area (Å²) >= 11 is 5.41. The molecule has 0 aliphatic carbocycles. The number of hydrogen-bond acceptors (Lipinski definition) is 5. The van der Waals surface area contributed by atoms with Crippen molar-refractivity contribution >= 4 is 34.9 Å². The van der Waals surface area contributed by atoms with Crippen LogP contribution in [0.25, 0.3) is 0 Å². The summed E-state index contributed by atoms with van der Waals surface area (Å²) in [5, 5.41) is 2.87. The third-order valence-electron chi connectivity index (χ3n) is 5.98. The second kappa shape index (κ2) is 11.8. The molecule has 1 aliphatic rings. The lowest BCUT2D eigenvalue weighted by molar-refractivity contribution is -0.166. The van der Waals surface area contributed by atoms with Crippen LogP contribution in [0.15, 0.2) is 54.6 Å². The Morgan fingerprint density at radius 1 is 1.06 bits per heavy atom. The predicted octanol–water partition coefficient (Wildman–Crippen LogP) is 4.43. The zero-order chi connectivity index (χ0) is 26.5. The van der Waals surface area contributed by atoms with E-state index in [9.17, 15) is 14.4 Å². The minimum Gasteiger partial charge on any atom is -0.458 e. The molecule has 2 unspecified atom stereocenters. The van der Waals surface area contributed by atoms with Gasteiger partial charge in [-0.25, -0.2) is 4.79 Å². The minimum absolute atomic E-state index is 0.153. The average molecular weight is 509 g/mol.